The summed E-state index contributed by atoms with van der Waals surface area (Å²) in [6, 6.07) is 5.75. The number of rotatable bonds is 6. The second kappa shape index (κ2) is 7.83. The molecule has 1 aromatic rings. The maximum atomic E-state index is 6.03. The fourth-order valence-corrected chi connectivity index (χ4v) is 2.38. The zero-order valence-corrected chi connectivity index (χ0v) is 13.0. The maximum absolute atomic E-state index is 6.03. The molecule has 3 N–H and O–H groups in total. The van der Waals surface area contributed by atoms with Gasteiger partial charge < -0.3 is 15.2 Å². The Balaban J connectivity index is 2.09. The van der Waals surface area contributed by atoms with E-state index in [0.29, 0.717) is 12.7 Å². The number of nitrogens with zero attached hydrogens (tertiary/aromatic N) is 1. The summed E-state index contributed by atoms with van der Waals surface area (Å²) in [6.07, 6.45) is 6.66. The molecule has 1 aliphatic carbocycles. The molecular formula is C15H21N3O2S. The van der Waals surface area contributed by atoms with E-state index in [1.54, 1.807) is 6.21 Å². The van der Waals surface area contributed by atoms with Crippen LogP contribution in [-0.4, -0.2) is 24.0 Å². The predicted molar refractivity (Wildman–Crippen MR) is 88.0 cm³/mol. The highest BCUT2D eigenvalue weighted by molar-refractivity contribution is 7.80. The Hall–Kier alpha value is -1.82. The van der Waals surface area contributed by atoms with Crippen LogP contribution in [0.25, 0.3) is 0 Å². The first-order valence-corrected chi connectivity index (χ1v) is 7.62. The van der Waals surface area contributed by atoms with Gasteiger partial charge in [0.2, 0.25) is 0 Å². The van der Waals surface area contributed by atoms with E-state index >= 15 is 0 Å². The van der Waals surface area contributed by atoms with Gasteiger partial charge in [-0.2, -0.15) is 5.10 Å². The van der Waals surface area contributed by atoms with Gasteiger partial charge in [-0.3, -0.25) is 5.43 Å². The predicted octanol–water partition coefficient (Wildman–Crippen LogP) is 2.57. The van der Waals surface area contributed by atoms with Crippen molar-refractivity contribution in [3.63, 3.8) is 0 Å². The van der Waals surface area contributed by atoms with Crippen LogP contribution in [0.3, 0.4) is 0 Å². The number of nitrogens with one attached hydrogen (secondary N) is 1. The Labute approximate surface area is 130 Å². The lowest BCUT2D eigenvalue weighted by Crippen LogP contribution is -2.23. The number of hydrazone groups is 1. The summed E-state index contributed by atoms with van der Waals surface area (Å²) in [7, 11) is 0. The molecule has 0 spiro atoms. The lowest BCUT2D eigenvalue weighted by Gasteiger charge is -2.16. The van der Waals surface area contributed by atoms with Gasteiger partial charge in [-0.25, -0.2) is 0 Å². The molecule has 1 aliphatic rings. The lowest BCUT2D eigenvalue weighted by atomic mass is 10.2. The van der Waals surface area contributed by atoms with Gasteiger partial charge in [0, 0.05) is 0 Å². The quantitative estimate of drug-likeness (QED) is 0.480. The summed E-state index contributed by atoms with van der Waals surface area (Å²) in [5.74, 6) is 1.53. The summed E-state index contributed by atoms with van der Waals surface area (Å²) in [5.41, 5.74) is 8.73. The van der Waals surface area contributed by atoms with Gasteiger partial charge in [-0.1, -0.05) is 0 Å². The van der Waals surface area contributed by atoms with Crippen molar-refractivity contribution in [2.45, 2.75) is 38.7 Å². The van der Waals surface area contributed by atoms with Gasteiger partial charge >= 0.3 is 0 Å². The van der Waals surface area contributed by atoms with E-state index in [1.807, 2.05) is 25.1 Å². The van der Waals surface area contributed by atoms with Gasteiger partial charge in [-0.05, 0) is 68.6 Å². The zero-order chi connectivity index (χ0) is 15.1. The van der Waals surface area contributed by atoms with E-state index in [-0.39, 0.29) is 5.11 Å². The van der Waals surface area contributed by atoms with E-state index in [1.165, 1.54) is 12.8 Å². The molecule has 0 amide bonds. The molecule has 0 heterocycles. The number of hydrogen-bond donors (Lipinski definition) is 2. The average Bonchev–Trinajstić information content (AvgIpc) is 2.94. The molecule has 1 fully saturated rings. The summed E-state index contributed by atoms with van der Waals surface area (Å²) in [4.78, 5) is 0. The molecule has 1 aromatic carbocycles. The van der Waals surface area contributed by atoms with E-state index in [4.69, 9.17) is 15.2 Å². The van der Waals surface area contributed by atoms with E-state index < -0.39 is 0 Å². The van der Waals surface area contributed by atoms with E-state index in [2.05, 4.69) is 22.7 Å². The van der Waals surface area contributed by atoms with Crippen molar-refractivity contribution in [2.75, 3.05) is 6.61 Å². The van der Waals surface area contributed by atoms with Gasteiger partial charge in [0.15, 0.2) is 16.6 Å². The van der Waals surface area contributed by atoms with Crippen LogP contribution in [0.15, 0.2) is 23.3 Å². The minimum Gasteiger partial charge on any atom is -0.490 e. The Morgan fingerprint density at radius 2 is 2.19 bits per heavy atom. The van der Waals surface area contributed by atoms with Crippen LogP contribution in [0.2, 0.25) is 0 Å². The van der Waals surface area contributed by atoms with Crippen LogP contribution in [0.4, 0.5) is 0 Å². The van der Waals surface area contributed by atoms with Crippen LogP contribution in [-0.2, 0) is 0 Å². The van der Waals surface area contributed by atoms with E-state index in [9.17, 15) is 0 Å². The van der Waals surface area contributed by atoms with Crippen molar-refractivity contribution in [1.29, 1.82) is 0 Å². The molecule has 114 valence electrons. The molecule has 1 saturated carbocycles. The number of benzene rings is 1. The highest BCUT2D eigenvalue weighted by Crippen LogP contribution is 2.32. The fraction of sp³-hybridized carbons (Fsp3) is 0.467. The first-order valence-electron chi connectivity index (χ1n) is 7.21. The van der Waals surface area contributed by atoms with Gasteiger partial charge in [0.25, 0.3) is 0 Å². The van der Waals surface area contributed by atoms with E-state index in [0.717, 1.165) is 29.9 Å². The second-order valence-electron chi connectivity index (χ2n) is 4.90. The minimum absolute atomic E-state index is 0.137. The first-order chi connectivity index (χ1) is 10.2. The molecular weight excluding hydrogens is 286 g/mol. The normalized spacial score (nSPS) is 15.3. The number of nitrogens with two attached hydrogens (primary N) is 1. The fourth-order valence-electron chi connectivity index (χ4n) is 2.33. The SMILES string of the molecule is CCOc1cc(C=NNC(N)=S)ccc1OC1CCCC1. The Kier molecular flexibility index (Phi) is 5.80. The summed E-state index contributed by atoms with van der Waals surface area (Å²) >= 11 is 4.69. The monoisotopic (exact) mass is 307 g/mol. The highest BCUT2D eigenvalue weighted by Gasteiger charge is 2.18. The topological polar surface area (TPSA) is 68.9 Å². The van der Waals surface area contributed by atoms with Crippen molar-refractivity contribution < 1.29 is 9.47 Å². The number of ether oxygens (including phenoxy) is 2. The molecule has 6 heteroatoms. The number of hydrogen-bond acceptors (Lipinski definition) is 4. The largest absolute Gasteiger partial charge is 0.490 e. The molecule has 0 atom stereocenters. The molecule has 2 rings (SSSR count). The lowest BCUT2D eigenvalue weighted by molar-refractivity contribution is 0.197. The molecule has 0 bridgehead atoms. The summed E-state index contributed by atoms with van der Waals surface area (Å²) in [6.45, 7) is 2.54. The van der Waals surface area contributed by atoms with Crippen molar-refractivity contribution in [3.05, 3.63) is 23.8 Å². The third kappa shape index (κ3) is 4.90. The Morgan fingerprint density at radius 3 is 2.86 bits per heavy atom. The Morgan fingerprint density at radius 1 is 1.43 bits per heavy atom. The third-order valence-corrected chi connectivity index (χ3v) is 3.34. The average molecular weight is 307 g/mol. The molecule has 0 saturated heterocycles. The molecule has 0 aliphatic heterocycles. The first kappa shape index (κ1) is 15.6. The van der Waals surface area contributed by atoms with Crippen molar-refractivity contribution in [3.8, 4) is 11.5 Å². The molecule has 0 aromatic heterocycles. The minimum atomic E-state index is 0.137. The van der Waals surface area contributed by atoms with Gasteiger partial charge in [0.1, 0.15) is 0 Å². The second-order valence-corrected chi connectivity index (χ2v) is 5.34. The van der Waals surface area contributed by atoms with Crippen molar-refractivity contribution in [2.24, 2.45) is 10.8 Å². The standard InChI is InChI=1S/C15H21N3O2S/c1-2-19-14-9-11(10-17-18-15(16)21)7-8-13(14)20-12-5-3-4-6-12/h7-10,12H,2-6H2,1H3,(H3,16,18,21). The van der Waals surface area contributed by atoms with Crippen LogP contribution in [0.5, 0.6) is 11.5 Å². The van der Waals surface area contributed by atoms with Crippen molar-refractivity contribution >= 4 is 23.5 Å². The summed E-state index contributed by atoms with van der Waals surface area (Å²) in [5, 5.41) is 4.07. The van der Waals surface area contributed by atoms with Crippen LogP contribution in [0.1, 0.15) is 38.2 Å². The molecule has 0 radical (unpaired) electrons. The third-order valence-electron chi connectivity index (χ3n) is 3.25. The molecule has 0 unspecified atom stereocenters. The maximum Gasteiger partial charge on any atom is 0.184 e. The smallest absolute Gasteiger partial charge is 0.184 e. The van der Waals surface area contributed by atoms with Crippen LogP contribution in [0, 0.1) is 0 Å². The van der Waals surface area contributed by atoms with Crippen LogP contribution >= 0.6 is 12.2 Å². The van der Waals surface area contributed by atoms with Crippen LogP contribution < -0.4 is 20.6 Å². The van der Waals surface area contributed by atoms with Gasteiger partial charge in [0.05, 0.1) is 18.9 Å². The zero-order valence-electron chi connectivity index (χ0n) is 12.2. The number of thiocarbonyl (C=S) groups is 1. The van der Waals surface area contributed by atoms with Crippen molar-refractivity contribution in [1.82, 2.24) is 5.43 Å². The molecule has 5 nitrogen and oxygen atoms in total. The Bertz CT molecular complexity index is 514. The highest BCUT2D eigenvalue weighted by atomic mass is 32.1. The van der Waals surface area contributed by atoms with Gasteiger partial charge in [-0.15, -0.1) is 0 Å². The molecule has 21 heavy (non-hydrogen) atoms. The summed E-state index contributed by atoms with van der Waals surface area (Å²) < 4.78 is 11.7.